The first-order valence-corrected chi connectivity index (χ1v) is 14.8. The molecule has 10 heteroatoms. The first-order chi connectivity index (χ1) is 20.4. The van der Waals surface area contributed by atoms with Gasteiger partial charge >= 0.3 is 0 Å². The number of H-pyrrole nitrogens is 1. The van der Waals surface area contributed by atoms with E-state index in [0.29, 0.717) is 6.61 Å². The van der Waals surface area contributed by atoms with E-state index in [1.807, 2.05) is 49.8 Å². The Bertz CT molecular complexity index is 1620. The summed E-state index contributed by atoms with van der Waals surface area (Å²) in [5.41, 5.74) is 11.0. The number of aliphatic hydroxyl groups is 1. The molecule has 0 radical (unpaired) electrons. The molecule has 1 unspecified atom stereocenters. The molecule has 0 aliphatic carbocycles. The molecule has 0 amide bonds. The van der Waals surface area contributed by atoms with Gasteiger partial charge in [-0.3, -0.25) is 10.4 Å². The van der Waals surface area contributed by atoms with Gasteiger partial charge in [-0.2, -0.15) is 5.10 Å². The number of anilines is 1. The first-order valence-electron chi connectivity index (χ1n) is 14.8. The lowest BCUT2D eigenvalue weighted by Gasteiger charge is -2.45. The number of aromatic nitrogens is 5. The maximum atomic E-state index is 11.0. The Hall–Kier alpha value is -3.99. The van der Waals surface area contributed by atoms with Crippen LogP contribution in [0.3, 0.4) is 0 Å². The third-order valence-corrected chi connectivity index (χ3v) is 8.49. The number of fused-ring (bicyclic) bond motifs is 3. The molecule has 6 rings (SSSR count). The minimum absolute atomic E-state index is 0.173. The molecule has 1 aliphatic rings. The molecule has 1 aliphatic heterocycles. The Morgan fingerprint density at radius 2 is 1.90 bits per heavy atom. The molecule has 5 N–H and O–H groups in total. The molecule has 220 valence electrons. The topological polar surface area (TPSA) is 130 Å². The van der Waals surface area contributed by atoms with E-state index in [4.69, 9.17) is 15.5 Å². The molecule has 5 heterocycles. The molecular formula is C32H40N8O2. The second kappa shape index (κ2) is 11.7. The Morgan fingerprint density at radius 1 is 1.12 bits per heavy atom. The zero-order valence-corrected chi connectivity index (χ0v) is 24.5. The second-order valence-corrected chi connectivity index (χ2v) is 11.7. The molecule has 0 bridgehead atoms. The highest BCUT2D eigenvalue weighted by Gasteiger charge is 2.38. The summed E-state index contributed by atoms with van der Waals surface area (Å²) >= 11 is 0. The summed E-state index contributed by atoms with van der Waals surface area (Å²) in [6.07, 6.45) is 7.40. The van der Waals surface area contributed by atoms with Crippen LogP contribution in [0.4, 0.5) is 5.82 Å². The molecule has 2 atom stereocenters. The summed E-state index contributed by atoms with van der Waals surface area (Å²) in [5, 5.41) is 27.3. The molecule has 4 aromatic heterocycles. The van der Waals surface area contributed by atoms with Crippen molar-refractivity contribution in [1.82, 2.24) is 30.1 Å². The predicted octanol–water partition coefficient (Wildman–Crippen LogP) is 4.14. The van der Waals surface area contributed by atoms with E-state index in [0.717, 1.165) is 71.6 Å². The monoisotopic (exact) mass is 568 g/mol. The zero-order chi connectivity index (χ0) is 29.3. The van der Waals surface area contributed by atoms with Crippen molar-refractivity contribution in [2.24, 2.45) is 11.7 Å². The summed E-state index contributed by atoms with van der Waals surface area (Å²) in [5.74, 6) is 1.86. The van der Waals surface area contributed by atoms with Gasteiger partial charge in [0.1, 0.15) is 17.8 Å². The van der Waals surface area contributed by atoms with Crippen molar-refractivity contribution in [3.63, 3.8) is 0 Å². The summed E-state index contributed by atoms with van der Waals surface area (Å²) in [6, 6.07) is 16.4. The number of aliphatic hydroxyl groups excluding tert-OH is 1. The van der Waals surface area contributed by atoms with Gasteiger partial charge in [0.25, 0.3) is 0 Å². The lowest BCUT2D eigenvalue weighted by atomic mass is 9.81. The lowest BCUT2D eigenvalue weighted by Crippen LogP contribution is -2.62. The minimum atomic E-state index is -0.771. The Labute approximate surface area is 245 Å². The van der Waals surface area contributed by atoms with E-state index in [9.17, 15) is 5.11 Å². The van der Waals surface area contributed by atoms with Crippen molar-refractivity contribution in [1.29, 1.82) is 0 Å². The minimum Gasteiger partial charge on any atom is -0.492 e. The number of piperidine rings is 1. The van der Waals surface area contributed by atoms with Crippen molar-refractivity contribution in [3.8, 4) is 16.9 Å². The van der Waals surface area contributed by atoms with Crippen molar-refractivity contribution in [2.45, 2.75) is 57.8 Å². The number of aromatic amines is 1. The van der Waals surface area contributed by atoms with Gasteiger partial charge in [-0.05, 0) is 55.9 Å². The van der Waals surface area contributed by atoms with Crippen LogP contribution in [0, 0.1) is 5.92 Å². The highest BCUT2D eigenvalue weighted by atomic mass is 16.5. The van der Waals surface area contributed by atoms with E-state index in [-0.39, 0.29) is 17.5 Å². The molecule has 0 saturated carbocycles. The maximum absolute atomic E-state index is 11.0. The average Bonchev–Trinajstić information content (AvgIpc) is 3.59. The summed E-state index contributed by atoms with van der Waals surface area (Å²) in [4.78, 5) is 7.22. The lowest BCUT2D eigenvalue weighted by molar-refractivity contribution is 0.0453. The average molecular weight is 569 g/mol. The summed E-state index contributed by atoms with van der Waals surface area (Å²) in [6.45, 7) is 8.26. The van der Waals surface area contributed by atoms with E-state index in [1.165, 1.54) is 5.56 Å². The highest BCUT2D eigenvalue weighted by Crippen LogP contribution is 2.34. The molecule has 42 heavy (non-hydrogen) atoms. The largest absolute Gasteiger partial charge is 0.492 e. The normalized spacial score (nSPS) is 16.8. The van der Waals surface area contributed by atoms with Crippen LogP contribution in [0.15, 0.2) is 67.1 Å². The molecule has 0 spiro atoms. The van der Waals surface area contributed by atoms with E-state index < -0.39 is 6.23 Å². The van der Waals surface area contributed by atoms with Crippen molar-refractivity contribution in [2.75, 3.05) is 24.6 Å². The van der Waals surface area contributed by atoms with Crippen LogP contribution in [0.5, 0.6) is 5.75 Å². The van der Waals surface area contributed by atoms with Gasteiger partial charge in [0.2, 0.25) is 0 Å². The van der Waals surface area contributed by atoms with Crippen LogP contribution in [0.1, 0.15) is 39.2 Å². The summed E-state index contributed by atoms with van der Waals surface area (Å²) < 4.78 is 7.69. The fourth-order valence-electron chi connectivity index (χ4n) is 6.04. The Balaban J connectivity index is 1.23. The first kappa shape index (κ1) is 28.1. The number of nitrogens with one attached hydrogen (secondary N) is 2. The van der Waals surface area contributed by atoms with Gasteiger partial charge < -0.3 is 20.5 Å². The van der Waals surface area contributed by atoms with E-state index in [2.05, 4.69) is 61.9 Å². The van der Waals surface area contributed by atoms with Gasteiger partial charge in [0.05, 0.1) is 29.9 Å². The van der Waals surface area contributed by atoms with Gasteiger partial charge in [-0.1, -0.05) is 44.2 Å². The molecule has 1 aromatic carbocycles. The second-order valence-electron chi connectivity index (χ2n) is 11.7. The number of rotatable bonds is 10. The Morgan fingerprint density at radius 3 is 2.60 bits per heavy atom. The number of nitrogens with zero attached hydrogens (tertiary/aromatic N) is 5. The van der Waals surface area contributed by atoms with Crippen LogP contribution in [0.2, 0.25) is 0 Å². The number of benzene rings is 1. The van der Waals surface area contributed by atoms with Crippen LogP contribution in [0.25, 0.3) is 27.7 Å². The van der Waals surface area contributed by atoms with Gasteiger partial charge in [-0.25, -0.2) is 9.50 Å². The van der Waals surface area contributed by atoms with Crippen molar-refractivity contribution < 1.29 is 9.84 Å². The molecule has 10 nitrogen and oxygen atoms in total. The van der Waals surface area contributed by atoms with Gasteiger partial charge in [0, 0.05) is 42.0 Å². The SMILES string of the molecule is CCOc1cc(-c2ccc(N3CCC(Cc4ccccc4)(NC(O)[C@@H](N)C(C)C)CC3)nc2)c2c3cn[nH]c3nn2c1. The van der Waals surface area contributed by atoms with E-state index >= 15 is 0 Å². The van der Waals surface area contributed by atoms with Crippen LogP contribution >= 0.6 is 0 Å². The summed E-state index contributed by atoms with van der Waals surface area (Å²) in [7, 11) is 0. The maximum Gasteiger partial charge on any atom is 0.178 e. The quantitative estimate of drug-likeness (QED) is 0.185. The smallest absolute Gasteiger partial charge is 0.178 e. The predicted molar refractivity (Wildman–Crippen MR) is 166 cm³/mol. The number of nitrogens with two attached hydrogens (primary N) is 1. The number of ether oxygens (including phenoxy) is 1. The number of pyridine rings is 2. The highest BCUT2D eigenvalue weighted by molar-refractivity contribution is 6.00. The van der Waals surface area contributed by atoms with Crippen molar-refractivity contribution >= 4 is 22.4 Å². The fraction of sp³-hybridized carbons (Fsp3) is 0.406. The third-order valence-electron chi connectivity index (χ3n) is 8.49. The van der Waals surface area contributed by atoms with Crippen molar-refractivity contribution in [3.05, 3.63) is 72.7 Å². The Kier molecular flexibility index (Phi) is 7.85. The molecular weight excluding hydrogens is 528 g/mol. The van der Waals surface area contributed by atoms with Crippen LogP contribution < -0.4 is 20.7 Å². The molecule has 1 saturated heterocycles. The van der Waals surface area contributed by atoms with Crippen LogP contribution in [-0.4, -0.2) is 67.4 Å². The standard InChI is InChI=1S/C32H40N8O2/c1-4-42-24-16-25(29-26-19-35-37-30(26)38-40(29)20-24)23-10-11-27(34-18-23)39-14-12-32(13-15-39,17-22-8-6-5-7-9-22)36-31(41)28(33)21(2)3/h5-11,16,18-21,28,31,36,41H,4,12-15,17,33H2,1-3H3,(H,37,38)/t28-,31?/m0/s1. The van der Waals surface area contributed by atoms with Gasteiger partial charge in [-0.15, -0.1) is 5.10 Å². The van der Waals surface area contributed by atoms with E-state index in [1.54, 1.807) is 6.20 Å². The fourth-order valence-corrected chi connectivity index (χ4v) is 6.04. The zero-order valence-electron chi connectivity index (χ0n) is 24.5. The number of hydrogen-bond acceptors (Lipinski definition) is 8. The number of hydrogen-bond donors (Lipinski definition) is 4. The third kappa shape index (κ3) is 5.57. The molecule has 1 fully saturated rings. The van der Waals surface area contributed by atoms with Gasteiger partial charge in [0.15, 0.2) is 5.65 Å². The molecule has 5 aromatic rings. The van der Waals surface area contributed by atoms with Crippen LogP contribution in [-0.2, 0) is 6.42 Å².